The van der Waals surface area contributed by atoms with Crippen LogP contribution in [0.1, 0.15) is 11.3 Å². The minimum absolute atomic E-state index is 0. The third kappa shape index (κ3) is 2.36. The summed E-state index contributed by atoms with van der Waals surface area (Å²) in [4.78, 5) is 12.8. The quantitative estimate of drug-likeness (QED) is 0.751. The zero-order chi connectivity index (χ0) is 10.8. The molecule has 1 aromatic heterocycles. The second-order valence-corrected chi connectivity index (χ2v) is 3.47. The van der Waals surface area contributed by atoms with Crippen LogP contribution in [0.2, 0.25) is 0 Å². The van der Waals surface area contributed by atoms with E-state index in [0.29, 0.717) is 38.1 Å². The zero-order valence-electron chi connectivity index (χ0n) is 9.05. The van der Waals surface area contributed by atoms with Gasteiger partial charge in [-0.1, -0.05) is 0 Å². The van der Waals surface area contributed by atoms with Gasteiger partial charge in [-0.05, 0) is 12.1 Å². The molecule has 0 spiro atoms. The van der Waals surface area contributed by atoms with E-state index in [1.165, 1.54) is 0 Å². The van der Waals surface area contributed by atoms with Crippen LogP contribution in [0.25, 0.3) is 0 Å². The van der Waals surface area contributed by atoms with Crippen molar-refractivity contribution >= 4 is 11.8 Å². The van der Waals surface area contributed by atoms with Gasteiger partial charge < -0.3 is 9.47 Å². The number of ether oxygens (including phenoxy) is 2. The molecule has 0 saturated heterocycles. The van der Waals surface area contributed by atoms with Gasteiger partial charge in [0.2, 0.25) is 11.8 Å². The molecule has 91 valence electrons. The summed E-state index contributed by atoms with van der Waals surface area (Å²) in [6.07, 6.45) is 1.72. The first-order valence-corrected chi connectivity index (χ1v) is 5.25. The van der Waals surface area contributed by atoms with E-state index in [2.05, 4.69) is 15.0 Å². The van der Waals surface area contributed by atoms with Gasteiger partial charge >= 0.3 is 0 Å². The van der Waals surface area contributed by atoms with Crippen molar-refractivity contribution < 1.29 is 29.0 Å². The van der Waals surface area contributed by atoms with Gasteiger partial charge in [0.05, 0.1) is 18.7 Å². The van der Waals surface area contributed by atoms with E-state index in [0.717, 1.165) is 11.3 Å². The van der Waals surface area contributed by atoms with E-state index >= 15 is 0 Å². The van der Waals surface area contributed by atoms with Crippen molar-refractivity contribution in [1.29, 1.82) is 0 Å². The molecule has 0 aromatic carbocycles. The van der Waals surface area contributed by atoms with Crippen LogP contribution in [-0.2, 0) is 29.0 Å². The second kappa shape index (κ2) is 5.36. The molecule has 6 heteroatoms. The molecule has 0 unspecified atom stereocenters. The van der Waals surface area contributed by atoms with Crippen LogP contribution in [0.15, 0.2) is 28.3 Å². The normalized spacial score (nSPS) is 17.6. The van der Waals surface area contributed by atoms with Crippen LogP contribution < -0.4 is 0 Å². The van der Waals surface area contributed by atoms with E-state index in [-0.39, 0.29) is 19.5 Å². The van der Waals surface area contributed by atoms with Gasteiger partial charge in [0.1, 0.15) is 18.9 Å². The Morgan fingerprint density at radius 1 is 1.00 bits per heavy atom. The van der Waals surface area contributed by atoms with E-state index in [9.17, 15) is 0 Å². The van der Waals surface area contributed by atoms with Crippen LogP contribution in [0.4, 0.5) is 0 Å². The summed E-state index contributed by atoms with van der Waals surface area (Å²) in [6.45, 7) is 2.66. The van der Waals surface area contributed by atoms with Crippen molar-refractivity contribution in [3.63, 3.8) is 0 Å². The molecule has 0 bridgehead atoms. The molecular weight excluding hydrogens is 309 g/mol. The predicted molar refractivity (Wildman–Crippen MR) is 58.9 cm³/mol. The standard InChI is InChI=1S/C11H11N3O2.Rh/c1-2-8(10-13-4-6-15-10)9(12-3-1)11-14-5-7-16-11;/h1-3H,4-7H2;. The van der Waals surface area contributed by atoms with Gasteiger partial charge in [-0.15, -0.1) is 0 Å². The second-order valence-electron chi connectivity index (χ2n) is 3.47. The third-order valence-corrected chi connectivity index (χ3v) is 2.41. The fourth-order valence-electron chi connectivity index (χ4n) is 1.72. The summed E-state index contributed by atoms with van der Waals surface area (Å²) < 4.78 is 10.9. The van der Waals surface area contributed by atoms with E-state index in [1.807, 2.05) is 12.1 Å². The number of rotatable bonds is 2. The monoisotopic (exact) mass is 320 g/mol. The van der Waals surface area contributed by atoms with E-state index < -0.39 is 0 Å². The van der Waals surface area contributed by atoms with Crippen LogP contribution in [0.5, 0.6) is 0 Å². The smallest absolute Gasteiger partial charge is 0.236 e. The average Bonchev–Trinajstić information content (AvgIpc) is 3.03. The first kappa shape index (κ1) is 12.2. The summed E-state index contributed by atoms with van der Waals surface area (Å²) >= 11 is 0. The van der Waals surface area contributed by atoms with Crippen molar-refractivity contribution in [3.05, 3.63) is 29.6 Å². The maximum atomic E-state index is 5.44. The summed E-state index contributed by atoms with van der Waals surface area (Å²) in [6, 6.07) is 3.79. The fourth-order valence-corrected chi connectivity index (χ4v) is 1.72. The number of hydrogen-bond acceptors (Lipinski definition) is 5. The van der Waals surface area contributed by atoms with Gasteiger partial charge in [-0.3, -0.25) is 4.98 Å². The van der Waals surface area contributed by atoms with E-state index in [4.69, 9.17) is 9.47 Å². The van der Waals surface area contributed by atoms with Crippen molar-refractivity contribution in [2.45, 2.75) is 0 Å². The molecule has 1 radical (unpaired) electrons. The molecule has 2 aliphatic heterocycles. The Morgan fingerprint density at radius 3 is 2.35 bits per heavy atom. The summed E-state index contributed by atoms with van der Waals surface area (Å²) in [5.74, 6) is 1.23. The molecule has 3 rings (SSSR count). The van der Waals surface area contributed by atoms with Gasteiger partial charge in [-0.25, -0.2) is 9.98 Å². The molecule has 0 atom stereocenters. The first-order chi connectivity index (χ1) is 7.95. The summed E-state index contributed by atoms with van der Waals surface area (Å²) in [7, 11) is 0. The predicted octanol–water partition coefficient (Wildman–Crippen LogP) is 0.633. The van der Waals surface area contributed by atoms with Crippen molar-refractivity contribution in [2.24, 2.45) is 9.98 Å². The number of pyridine rings is 1. The Hall–Kier alpha value is -1.29. The maximum Gasteiger partial charge on any atom is 0.236 e. The Morgan fingerprint density at radius 2 is 1.71 bits per heavy atom. The molecule has 0 N–H and O–H groups in total. The maximum absolute atomic E-state index is 5.44. The Labute approximate surface area is 112 Å². The molecule has 0 fully saturated rings. The van der Waals surface area contributed by atoms with Crippen molar-refractivity contribution in [2.75, 3.05) is 26.3 Å². The van der Waals surface area contributed by atoms with Gasteiger partial charge in [-0.2, -0.15) is 0 Å². The number of aliphatic imine (C=N–C) groups is 2. The molecule has 17 heavy (non-hydrogen) atoms. The minimum atomic E-state index is 0. The van der Waals surface area contributed by atoms with Crippen LogP contribution >= 0.6 is 0 Å². The van der Waals surface area contributed by atoms with Crippen LogP contribution in [-0.4, -0.2) is 43.1 Å². The van der Waals surface area contributed by atoms with Gasteiger partial charge in [0, 0.05) is 25.7 Å². The molecule has 1 aromatic rings. The van der Waals surface area contributed by atoms with Crippen molar-refractivity contribution in [1.82, 2.24) is 4.98 Å². The number of hydrogen-bond donors (Lipinski definition) is 0. The Kier molecular flexibility index (Phi) is 3.84. The van der Waals surface area contributed by atoms with Crippen LogP contribution in [0, 0.1) is 0 Å². The summed E-state index contributed by atoms with van der Waals surface area (Å²) in [5.41, 5.74) is 1.58. The average molecular weight is 320 g/mol. The molecule has 0 saturated carbocycles. The SMILES string of the molecule is [Rh].c1cnc(C2=NCCO2)c(C2=NCCO2)c1. The topological polar surface area (TPSA) is 56.1 Å². The molecule has 0 aliphatic carbocycles. The van der Waals surface area contributed by atoms with Gasteiger partial charge in [0.15, 0.2) is 0 Å². The fraction of sp³-hybridized carbons (Fsp3) is 0.364. The van der Waals surface area contributed by atoms with Crippen molar-refractivity contribution in [3.8, 4) is 0 Å². The minimum Gasteiger partial charge on any atom is -0.475 e. The Bertz CT molecular complexity index is 431. The largest absolute Gasteiger partial charge is 0.475 e. The van der Waals surface area contributed by atoms with E-state index in [1.54, 1.807) is 6.20 Å². The molecule has 5 nitrogen and oxygen atoms in total. The Balaban J connectivity index is 0.00000108. The zero-order valence-corrected chi connectivity index (χ0v) is 10.7. The van der Waals surface area contributed by atoms with Gasteiger partial charge in [0.25, 0.3) is 0 Å². The summed E-state index contributed by atoms with van der Waals surface area (Å²) in [5, 5.41) is 0. The molecule has 3 heterocycles. The number of nitrogens with zero attached hydrogens (tertiary/aromatic N) is 3. The number of aromatic nitrogens is 1. The molecule has 0 amide bonds. The molecular formula is C11H11N3O2Rh. The first-order valence-electron chi connectivity index (χ1n) is 5.25. The van der Waals surface area contributed by atoms with Crippen LogP contribution in [0.3, 0.4) is 0 Å². The molecule has 2 aliphatic rings. The third-order valence-electron chi connectivity index (χ3n) is 2.41.